The zero-order valence-corrected chi connectivity index (χ0v) is 12.8. The number of benzene rings is 2. The molecule has 2 N–H and O–H groups in total. The van der Waals surface area contributed by atoms with Crippen LogP contribution in [-0.2, 0) is 0 Å². The summed E-state index contributed by atoms with van der Waals surface area (Å²) in [6, 6.07) is 8.93. The predicted octanol–water partition coefficient (Wildman–Crippen LogP) is 3.02. The number of carbonyl (C=O) groups is 1. The second-order valence-corrected chi connectivity index (χ2v) is 5.00. The van der Waals surface area contributed by atoms with Gasteiger partial charge in [-0.25, -0.2) is 9.18 Å². The Hall–Kier alpha value is -3.56. The minimum atomic E-state index is -3.08. The van der Waals surface area contributed by atoms with Gasteiger partial charge in [0.05, 0.1) is 5.69 Å². The molecule has 10 heteroatoms. The zero-order valence-electron chi connectivity index (χ0n) is 12.8. The number of rotatable bonds is 5. The monoisotopic (exact) mass is 365 g/mol. The Morgan fingerprint density at radius 3 is 2.69 bits per heavy atom. The molecule has 0 aliphatic heterocycles. The molecule has 0 unspecified atom stereocenters. The van der Waals surface area contributed by atoms with Crippen molar-refractivity contribution in [3.05, 3.63) is 64.4 Å². The first-order chi connectivity index (χ1) is 12.4. The minimum Gasteiger partial charge on any atom is -0.435 e. The zero-order chi connectivity index (χ0) is 18.7. The van der Waals surface area contributed by atoms with E-state index in [-0.39, 0.29) is 22.8 Å². The number of H-pyrrole nitrogens is 1. The topological polar surface area (TPSA) is 97.2 Å². The third kappa shape index (κ3) is 3.91. The summed E-state index contributed by atoms with van der Waals surface area (Å²) in [5.41, 5.74) is 0.347. The van der Waals surface area contributed by atoms with Crippen molar-refractivity contribution in [2.24, 2.45) is 0 Å². The first kappa shape index (κ1) is 17.3. The van der Waals surface area contributed by atoms with Crippen LogP contribution >= 0.6 is 0 Å². The van der Waals surface area contributed by atoms with E-state index in [1.54, 1.807) is 6.07 Å². The second kappa shape index (κ2) is 7.13. The summed E-state index contributed by atoms with van der Waals surface area (Å²) in [6.45, 7) is -3.08. The quantitative estimate of drug-likeness (QED) is 0.724. The fourth-order valence-electron chi connectivity index (χ4n) is 2.13. The molecule has 7 nitrogen and oxygen atoms in total. The van der Waals surface area contributed by atoms with E-state index in [9.17, 15) is 22.8 Å². The van der Waals surface area contributed by atoms with Crippen molar-refractivity contribution >= 4 is 11.6 Å². The summed E-state index contributed by atoms with van der Waals surface area (Å²) in [6.07, 6.45) is 0. The summed E-state index contributed by atoms with van der Waals surface area (Å²) in [5, 5.41) is 5.83. The third-order valence-electron chi connectivity index (χ3n) is 3.25. The van der Waals surface area contributed by atoms with Crippen molar-refractivity contribution in [2.75, 3.05) is 5.32 Å². The van der Waals surface area contributed by atoms with E-state index >= 15 is 0 Å². The molecule has 0 saturated carbocycles. The number of nitrogens with zero attached hydrogens (tertiary/aromatic N) is 1. The Morgan fingerprint density at radius 1 is 1.23 bits per heavy atom. The molecular formula is C16H10F3N3O4. The smallest absolute Gasteiger partial charge is 0.435 e. The van der Waals surface area contributed by atoms with Gasteiger partial charge in [-0.05, 0) is 24.3 Å². The summed E-state index contributed by atoms with van der Waals surface area (Å²) in [5.74, 6) is -2.58. The fraction of sp³-hybridized carbons (Fsp3) is 0.0625. The van der Waals surface area contributed by atoms with Gasteiger partial charge >= 0.3 is 12.4 Å². The number of amides is 1. The van der Waals surface area contributed by atoms with Crippen molar-refractivity contribution in [1.29, 1.82) is 0 Å². The number of aromatic nitrogens is 2. The highest BCUT2D eigenvalue weighted by atomic mass is 19.3. The standard InChI is InChI=1S/C16H10F3N3O4/c17-11-7-10(25-15(18)19)4-5-12(11)20-14(23)9-3-1-2-8(6-9)13-21-16(24)26-22-13/h1-7,15H,(H,20,23)(H,21,22,24). The average molecular weight is 365 g/mol. The van der Waals surface area contributed by atoms with E-state index in [1.165, 1.54) is 18.2 Å². The lowest BCUT2D eigenvalue weighted by atomic mass is 10.1. The van der Waals surface area contributed by atoms with Crippen LogP contribution in [0.5, 0.6) is 5.75 Å². The minimum absolute atomic E-state index is 0.129. The van der Waals surface area contributed by atoms with E-state index < -0.39 is 24.1 Å². The molecule has 134 valence electrons. The number of halogens is 3. The highest BCUT2D eigenvalue weighted by molar-refractivity contribution is 6.04. The Balaban J connectivity index is 1.79. The van der Waals surface area contributed by atoms with Crippen LogP contribution in [0.25, 0.3) is 11.4 Å². The number of ether oxygens (including phenoxy) is 1. The number of hydrogen-bond donors (Lipinski definition) is 2. The number of hydrogen-bond acceptors (Lipinski definition) is 5. The summed E-state index contributed by atoms with van der Waals surface area (Å²) >= 11 is 0. The molecular weight excluding hydrogens is 355 g/mol. The van der Waals surface area contributed by atoms with Gasteiger partial charge in [-0.15, -0.1) is 0 Å². The van der Waals surface area contributed by atoms with Gasteiger partial charge < -0.3 is 10.1 Å². The van der Waals surface area contributed by atoms with Crippen LogP contribution in [-0.4, -0.2) is 22.7 Å². The highest BCUT2D eigenvalue weighted by Gasteiger charge is 2.13. The molecule has 3 aromatic rings. The molecule has 2 aromatic carbocycles. The van der Waals surface area contributed by atoms with Crippen molar-refractivity contribution in [1.82, 2.24) is 10.1 Å². The van der Waals surface area contributed by atoms with Crippen molar-refractivity contribution < 1.29 is 27.2 Å². The van der Waals surface area contributed by atoms with Crippen LogP contribution in [0, 0.1) is 5.82 Å². The number of alkyl halides is 2. The van der Waals surface area contributed by atoms with Crippen LogP contribution < -0.4 is 15.8 Å². The second-order valence-electron chi connectivity index (χ2n) is 5.00. The lowest BCUT2D eigenvalue weighted by molar-refractivity contribution is -0.0499. The van der Waals surface area contributed by atoms with E-state index in [2.05, 4.69) is 24.7 Å². The Labute approximate surface area is 143 Å². The molecule has 0 saturated heterocycles. The molecule has 3 rings (SSSR count). The first-order valence-electron chi connectivity index (χ1n) is 7.14. The maximum absolute atomic E-state index is 13.9. The highest BCUT2D eigenvalue weighted by Crippen LogP contribution is 2.23. The van der Waals surface area contributed by atoms with E-state index in [0.717, 1.165) is 18.2 Å². The lowest BCUT2D eigenvalue weighted by Crippen LogP contribution is -2.13. The van der Waals surface area contributed by atoms with Gasteiger partial charge in [0.2, 0.25) is 0 Å². The molecule has 0 bridgehead atoms. The molecule has 1 heterocycles. The number of nitrogens with one attached hydrogen (secondary N) is 2. The number of anilines is 1. The molecule has 0 aliphatic carbocycles. The number of aromatic amines is 1. The third-order valence-corrected chi connectivity index (χ3v) is 3.25. The van der Waals surface area contributed by atoms with Gasteiger partial charge in [0.25, 0.3) is 5.91 Å². The SMILES string of the molecule is O=C(Nc1ccc(OC(F)F)cc1F)c1cccc(-c2noc(=O)[nH]2)c1. The normalized spacial score (nSPS) is 10.8. The Morgan fingerprint density at radius 2 is 2.04 bits per heavy atom. The Kier molecular flexibility index (Phi) is 4.74. The average Bonchev–Trinajstić information content (AvgIpc) is 3.03. The fourth-order valence-corrected chi connectivity index (χ4v) is 2.13. The number of carbonyl (C=O) groups excluding carboxylic acids is 1. The van der Waals surface area contributed by atoms with E-state index in [1.807, 2.05) is 0 Å². The maximum Gasteiger partial charge on any atom is 0.439 e. The van der Waals surface area contributed by atoms with Crippen LogP contribution in [0.2, 0.25) is 0 Å². The van der Waals surface area contributed by atoms with Crippen LogP contribution in [0.1, 0.15) is 10.4 Å². The maximum atomic E-state index is 13.9. The summed E-state index contributed by atoms with van der Waals surface area (Å²) in [4.78, 5) is 25.6. The van der Waals surface area contributed by atoms with E-state index in [0.29, 0.717) is 5.56 Å². The molecule has 0 atom stereocenters. The predicted molar refractivity (Wildman–Crippen MR) is 83.5 cm³/mol. The molecule has 0 fully saturated rings. The summed E-state index contributed by atoms with van der Waals surface area (Å²) in [7, 11) is 0. The first-order valence-corrected chi connectivity index (χ1v) is 7.14. The van der Waals surface area contributed by atoms with Gasteiger partial charge in [-0.2, -0.15) is 8.78 Å². The molecule has 0 radical (unpaired) electrons. The van der Waals surface area contributed by atoms with Gasteiger partial charge in [0.15, 0.2) is 5.82 Å². The molecule has 0 aliphatic rings. The lowest BCUT2D eigenvalue weighted by Gasteiger charge is -2.09. The van der Waals surface area contributed by atoms with Crippen LogP contribution in [0.15, 0.2) is 51.8 Å². The van der Waals surface area contributed by atoms with Gasteiger partial charge in [-0.3, -0.25) is 14.3 Å². The van der Waals surface area contributed by atoms with Crippen LogP contribution in [0.3, 0.4) is 0 Å². The molecule has 0 spiro atoms. The van der Waals surface area contributed by atoms with Gasteiger partial charge in [0.1, 0.15) is 11.6 Å². The van der Waals surface area contributed by atoms with Crippen molar-refractivity contribution in [3.8, 4) is 17.1 Å². The Bertz CT molecular complexity index is 1000. The van der Waals surface area contributed by atoms with Crippen molar-refractivity contribution in [3.63, 3.8) is 0 Å². The molecule has 1 aromatic heterocycles. The summed E-state index contributed by atoms with van der Waals surface area (Å²) < 4.78 is 46.6. The van der Waals surface area contributed by atoms with Gasteiger partial charge in [-0.1, -0.05) is 17.3 Å². The molecule has 26 heavy (non-hydrogen) atoms. The molecule has 1 amide bonds. The van der Waals surface area contributed by atoms with Gasteiger partial charge in [0, 0.05) is 17.2 Å². The van der Waals surface area contributed by atoms with Crippen LogP contribution in [0.4, 0.5) is 18.9 Å². The largest absolute Gasteiger partial charge is 0.439 e. The van der Waals surface area contributed by atoms with E-state index in [4.69, 9.17) is 0 Å². The van der Waals surface area contributed by atoms with Crippen molar-refractivity contribution in [2.45, 2.75) is 6.61 Å².